The van der Waals surface area contributed by atoms with Gasteiger partial charge in [-0.25, -0.2) is 16.8 Å². The molecule has 2 aromatic rings. The third kappa shape index (κ3) is 3.49. The minimum atomic E-state index is -3.75. The SMILES string of the molecule is Cc1ccc(S(=O)(=O)c2ccccc2)cc1S(=O)(=O)N1CCCCC1. The van der Waals surface area contributed by atoms with Crippen molar-refractivity contribution >= 4 is 19.9 Å². The summed E-state index contributed by atoms with van der Waals surface area (Å²) in [6, 6.07) is 12.4. The van der Waals surface area contributed by atoms with Crippen molar-refractivity contribution < 1.29 is 16.8 Å². The molecule has 0 atom stereocenters. The second-order valence-electron chi connectivity index (χ2n) is 6.21. The van der Waals surface area contributed by atoms with Crippen LogP contribution in [0.1, 0.15) is 24.8 Å². The maximum atomic E-state index is 13.0. The van der Waals surface area contributed by atoms with Crippen molar-refractivity contribution in [2.75, 3.05) is 13.1 Å². The number of hydrogen-bond acceptors (Lipinski definition) is 4. The van der Waals surface area contributed by atoms with Crippen LogP contribution >= 0.6 is 0 Å². The lowest BCUT2D eigenvalue weighted by molar-refractivity contribution is 0.346. The van der Waals surface area contributed by atoms with Crippen LogP contribution in [-0.2, 0) is 19.9 Å². The van der Waals surface area contributed by atoms with Crippen LogP contribution in [0, 0.1) is 6.92 Å². The van der Waals surface area contributed by atoms with Crippen molar-refractivity contribution in [2.45, 2.75) is 40.9 Å². The number of piperidine rings is 1. The summed E-state index contributed by atoms with van der Waals surface area (Å²) in [4.78, 5) is 0.228. The van der Waals surface area contributed by atoms with E-state index in [0.29, 0.717) is 18.7 Å². The number of sulfone groups is 1. The summed E-state index contributed by atoms with van der Waals surface area (Å²) in [5.74, 6) is 0. The summed E-state index contributed by atoms with van der Waals surface area (Å²) in [6.45, 7) is 2.66. The Hall–Kier alpha value is -1.70. The van der Waals surface area contributed by atoms with E-state index >= 15 is 0 Å². The lowest BCUT2D eigenvalue weighted by Crippen LogP contribution is -2.36. The number of hydrogen-bond donors (Lipinski definition) is 0. The first-order chi connectivity index (χ1) is 11.8. The molecule has 0 radical (unpaired) electrons. The van der Waals surface area contributed by atoms with Crippen molar-refractivity contribution in [3.05, 3.63) is 54.1 Å². The highest BCUT2D eigenvalue weighted by molar-refractivity contribution is 7.91. The Kier molecular flexibility index (Phi) is 4.99. The lowest BCUT2D eigenvalue weighted by Gasteiger charge is -2.26. The summed E-state index contributed by atoms with van der Waals surface area (Å²) in [5.41, 5.74) is 0.553. The molecule has 0 spiro atoms. The summed E-state index contributed by atoms with van der Waals surface area (Å²) >= 11 is 0. The molecule has 1 aliphatic heterocycles. The molecule has 1 heterocycles. The third-order valence-corrected chi connectivity index (χ3v) is 8.26. The first kappa shape index (κ1) is 18.1. The second kappa shape index (κ2) is 6.90. The molecule has 5 nitrogen and oxygen atoms in total. The van der Waals surface area contributed by atoms with E-state index in [9.17, 15) is 16.8 Å². The van der Waals surface area contributed by atoms with Crippen LogP contribution in [-0.4, -0.2) is 34.2 Å². The average molecular weight is 380 g/mol. The van der Waals surface area contributed by atoms with Crippen molar-refractivity contribution in [3.8, 4) is 0 Å². The van der Waals surface area contributed by atoms with Crippen molar-refractivity contribution in [1.29, 1.82) is 0 Å². The maximum Gasteiger partial charge on any atom is 0.243 e. The third-order valence-electron chi connectivity index (χ3n) is 4.46. The van der Waals surface area contributed by atoms with E-state index in [4.69, 9.17) is 0 Å². The van der Waals surface area contributed by atoms with Gasteiger partial charge in [-0.05, 0) is 49.6 Å². The molecule has 0 unspecified atom stereocenters. The summed E-state index contributed by atoms with van der Waals surface area (Å²) in [7, 11) is -7.44. The Morgan fingerprint density at radius 2 is 1.44 bits per heavy atom. The molecule has 0 bridgehead atoms. The zero-order chi connectivity index (χ0) is 18.1. The molecular weight excluding hydrogens is 358 g/mol. The largest absolute Gasteiger partial charge is 0.243 e. The topological polar surface area (TPSA) is 71.5 Å². The number of sulfonamides is 1. The smallest absolute Gasteiger partial charge is 0.219 e. The Labute approximate surface area is 149 Å². The van der Waals surface area contributed by atoms with Gasteiger partial charge in [-0.15, -0.1) is 0 Å². The molecule has 134 valence electrons. The molecule has 2 aromatic carbocycles. The van der Waals surface area contributed by atoms with Gasteiger partial charge in [0.25, 0.3) is 0 Å². The van der Waals surface area contributed by atoms with Gasteiger partial charge in [-0.1, -0.05) is 30.7 Å². The molecule has 1 fully saturated rings. The van der Waals surface area contributed by atoms with Crippen molar-refractivity contribution in [3.63, 3.8) is 0 Å². The number of aryl methyl sites for hydroxylation is 1. The highest BCUT2D eigenvalue weighted by atomic mass is 32.2. The van der Waals surface area contributed by atoms with E-state index in [2.05, 4.69) is 0 Å². The zero-order valence-electron chi connectivity index (χ0n) is 14.1. The molecule has 0 aliphatic carbocycles. The Morgan fingerprint density at radius 3 is 2.08 bits per heavy atom. The molecule has 7 heteroatoms. The fourth-order valence-electron chi connectivity index (χ4n) is 3.01. The molecule has 25 heavy (non-hydrogen) atoms. The second-order valence-corrected chi connectivity index (χ2v) is 10.1. The highest BCUT2D eigenvalue weighted by Crippen LogP contribution is 2.28. The van der Waals surface area contributed by atoms with E-state index in [1.54, 1.807) is 31.2 Å². The fraction of sp³-hybridized carbons (Fsp3) is 0.333. The maximum absolute atomic E-state index is 13.0. The Morgan fingerprint density at radius 1 is 0.800 bits per heavy atom. The van der Waals surface area contributed by atoms with Gasteiger partial charge in [0, 0.05) is 13.1 Å². The lowest BCUT2D eigenvalue weighted by atomic mass is 10.2. The van der Waals surface area contributed by atoms with E-state index in [0.717, 1.165) is 19.3 Å². The fourth-order valence-corrected chi connectivity index (χ4v) is 6.16. The molecule has 0 saturated carbocycles. The van der Waals surface area contributed by atoms with Crippen LogP contribution in [0.15, 0.2) is 63.2 Å². The van der Waals surface area contributed by atoms with E-state index in [1.807, 2.05) is 0 Å². The van der Waals surface area contributed by atoms with Crippen LogP contribution in [0.4, 0.5) is 0 Å². The van der Waals surface area contributed by atoms with Gasteiger partial charge in [0.2, 0.25) is 19.9 Å². The molecule has 1 saturated heterocycles. The number of benzene rings is 2. The summed E-state index contributed by atoms with van der Waals surface area (Å²) in [5, 5.41) is 0. The average Bonchev–Trinajstić information content (AvgIpc) is 2.63. The van der Waals surface area contributed by atoms with Crippen LogP contribution in [0.2, 0.25) is 0 Å². The minimum Gasteiger partial charge on any atom is -0.219 e. The molecule has 0 aromatic heterocycles. The van der Waals surface area contributed by atoms with Gasteiger partial charge in [-0.3, -0.25) is 0 Å². The molecular formula is C18H21NO4S2. The quantitative estimate of drug-likeness (QED) is 0.819. The van der Waals surface area contributed by atoms with E-state index < -0.39 is 19.9 Å². The van der Waals surface area contributed by atoms with Gasteiger partial charge in [-0.2, -0.15) is 4.31 Å². The first-order valence-corrected chi connectivity index (χ1v) is 11.2. The van der Waals surface area contributed by atoms with Crippen LogP contribution in [0.25, 0.3) is 0 Å². The highest BCUT2D eigenvalue weighted by Gasteiger charge is 2.29. The standard InChI is InChI=1S/C18H21NO4S2/c1-15-10-11-17(24(20,21)16-8-4-2-5-9-16)14-18(15)25(22,23)19-12-6-3-7-13-19/h2,4-5,8-11,14H,3,6-7,12-13H2,1H3. The van der Waals surface area contributed by atoms with Crippen LogP contribution < -0.4 is 0 Å². The molecule has 0 amide bonds. The minimum absolute atomic E-state index is 0.000107. The predicted octanol–water partition coefficient (Wildman–Crippen LogP) is 3.00. The van der Waals surface area contributed by atoms with Gasteiger partial charge in [0.05, 0.1) is 14.7 Å². The summed E-state index contributed by atoms with van der Waals surface area (Å²) < 4.78 is 53.0. The van der Waals surface area contributed by atoms with E-state index in [1.165, 1.54) is 28.6 Å². The van der Waals surface area contributed by atoms with Gasteiger partial charge in [0.1, 0.15) is 0 Å². The first-order valence-electron chi connectivity index (χ1n) is 8.24. The van der Waals surface area contributed by atoms with Crippen LogP contribution in [0.3, 0.4) is 0 Å². The Bertz CT molecular complexity index is 961. The summed E-state index contributed by atoms with van der Waals surface area (Å²) in [6.07, 6.45) is 2.69. The zero-order valence-corrected chi connectivity index (χ0v) is 15.7. The number of nitrogens with zero attached hydrogens (tertiary/aromatic N) is 1. The Balaban J connectivity index is 2.07. The monoisotopic (exact) mass is 379 g/mol. The predicted molar refractivity (Wildman–Crippen MR) is 95.7 cm³/mol. The van der Waals surface area contributed by atoms with Crippen LogP contribution in [0.5, 0.6) is 0 Å². The van der Waals surface area contributed by atoms with Gasteiger partial charge >= 0.3 is 0 Å². The molecule has 3 rings (SSSR count). The molecule has 0 N–H and O–H groups in total. The van der Waals surface area contributed by atoms with Crippen molar-refractivity contribution in [2.24, 2.45) is 0 Å². The van der Waals surface area contributed by atoms with Gasteiger partial charge in [0.15, 0.2) is 0 Å². The van der Waals surface area contributed by atoms with Crippen molar-refractivity contribution in [1.82, 2.24) is 4.31 Å². The normalized spacial score (nSPS) is 16.7. The van der Waals surface area contributed by atoms with Gasteiger partial charge < -0.3 is 0 Å². The van der Waals surface area contributed by atoms with E-state index in [-0.39, 0.29) is 14.7 Å². The number of rotatable bonds is 4. The molecule has 1 aliphatic rings.